The van der Waals surface area contributed by atoms with Crippen molar-refractivity contribution in [2.45, 2.75) is 42.5 Å². The van der Waals surface area contributed by atoms with E-state index in [2.05, 4.69) is 16.1 Å². The molecule has 118 valence electrons. The molecule has 7 heteroatoms. The quantitative estimate of drug-likeness (QED) is 0.879. The Labute approximate surface area is 130 Å². The topological polar surface area (TPSA) is 99.1 Å². The Kier molecular flexibility index (Phi) is 4.84. The highest BCUT2D eigenvalue weighted by Crippen LogP contribution is 2.28. The van der Waals surface area contributed by atoms with Gasteiger partial charge in [0.2, 0.25) is 10.0 Å². The number of nitrogens with zero attached hydrogens (tertiary/aromatic N) is 1. The van der Waals surface area contributed by atoms with Gasteiger partial charge in [0.05, 0.1) is 11.0 Å². The van der Waals surface area contributed by atoms with Crippen LogP contribution in [0.15, 0.2) is 29.2 Å². The summed E-state index contributed by atoms with van der Waals surface area (Å²) >= 11 is 0. The van der Waals surface area contributed by atoms with Crippen LogP contribution < -0.4 is 10.0 Å². The number of carbonyl (C=O) groups is 1. The number of hydrogen-bond donors (Lipinski definition) is 2. The number of carbonyl (C=O) groups excluding carboxylic acids is 1. The lowest BCUT2D eigenvalue weighted by Crippen LogP contribution is -2.48. The second kappa shape index (κ2) is 6.46. The molecule has 2 rings (SSSR count). The highest BCUT2D eigenvalue weighted by molar-refractivity contribution is 7.89. The van der Waals surface area contributed by atoms with Crippen molar-refractivity contribution in [2.75, 3.05) is 7.05 Å². The Morgan fingerprint density at radius 2 is 1.77 bits per heavy atom. The summed E-state index contributed by atoms with van der Waals surface area (Å²) in [6.45, 7) is 0. The van der Waals surface area contributed by atoms with E-state index in [9.17, 15) is 18.5 Å². The molecule has 6 nitrogen and oxygen atoms in total. The third-order valence-corrected chi connectivity index (χ3v) is 5.40. The molecule has 0 aromatic heterocycles. The van der Waals surface area contributed by atoms with Gasteiger partial charge in [-0.3, -0.25) is 4.79 Å². The van der Waals surface area contributed by atoms with Gasteiger partial charge in [0.1, 0.15) is 5.54 Å². The lowest BCUT2D eigenvalue weighted by Gasteiger charge is -2.31. The number of sulfonamides is 1. The van der Waals surface area contributed by atoms with Crippen LogP contribution in [0.25, 0.3) is 0 Å². The van der Waals surface area contributed by atoms with E-state index in [1.54, 1.807) is 0 Å². The summed E-state index contributed by atoms with van der Waals surface area (Å²) in [7, 11) is -2.19. The monoisotopic (exact) mass is 321 g/mol. The van der Waals surface area contributed by atoms with Gasteiger partial charge in [0, 0.05) is 5.56 Å². The van der Waals surface area contributed by atoms with Crippen molar-refractivity contribution in [1.29, 1.82) is 5.26 Å². The van der Waals surface area contributed by atoms with E-state index in [4.69, 9.17) is 0 Å². The molecule has 1 aliphatic carbocycles. The predicted octanol–water partition coefficient (Wildman–Crippen LogP) is 1.55. The van der Waals surface area contributed by atoms with Gasteiger partial charge in [-0.2, -0.15) is 5.26 Å². The molecular formula is C15H19N3O3S. The summed E-state index contributed by atoms with van der Waals surface area (Å²) in [4.78, 5) is 12.4. The molecule has 0 radical (unpaired) electrons. The molecule has 1 aliphatic rings. The van der Waals surface area contributed by atoms with E-state index in [1.165, 1.54) is 31.3 Å². The number of rotatable bonds is 4. The number of benzene rings is 1. The average Bonchev–Trinajstić information content (AvgIpc) is 2.55. The molecule has 0 heterocycles. The van der Waals surface area contributed by atoms with Gasteiger partial charge in [-0.05, 0) is 44.2 Å². The fraction of sp³-hybridized carbons (Fsp3) is 0.467. The van der Waals surface area contributed by atoms with Crippen molar-refractivity contribution in [2.24, 2.45) is 0 Å². The summed E-state index contributed by atoms with van der Waals surface area (Å²) in [5, 5.41) is 12.2. The van der Waals surface area contributed by atoms with E-state index < -0.39 is 15.6 Å². The normalized spacial score (nSPS) is 17.5. The molecule has 0 spiro atoms. The highest BCUT2D eigenvalue weighted by Gasteiger charge is 2.33. The number of nitrogens with one attached hydrogen (secondary N) is 2. The number of hydrogen-bond acceptors (Lipinski definition) is 4. The first-order valence-electron chi connectivity index (χ1n) is 7.20. The SMILES string of the molecule is CNS(=O)(=O)c1ccc(C(=O)NC2(C#N)CCCCC2)cc1. The minimum absolute atomic E-state index is 0.0965. The largest absolute Gasteiger partial charge is 0.334 e. The van der Waals surface area contributed by atoms with Crippen molar-refractivity contribution < 1.29 is 13.2 Å². The maximum atomic E-state index is 12.3. The lowest BCUT2D eigenvalue weighted by atomic mass is 9.82. The molecule has 2 N–H and O–H groups in total. The molecule has 0 aliphatic heterocycles. The van der Waals surface area contributed by atoms with Crippen molar-refractivity contribution >= 4 is 15.9 Å². The van der Waals surface area contributed by atoms with Crippen molar-refractivity contribution in [3.63, 3.8) is 0 Å². The first kappa shape index (κ1) is 16.5. The third-order valence-electron chi connectivity index (χ3n) is 3.97. The van der Waals surface area contributed by atoms with Crippen LogP contribution in [0.4, 0.5) is 0 Å². The first-order valence-corrected chi connectivity index (χ1v) is 8.68. The Morgan fingerprint density at radius 3 is 2.27 bits per heavy atom. The smallest absolute Gasteiger partial charge is 0.252 e. The molecule has 0 atom stereocenters. The minimum Gasteiger partial charge on any atom is -0.334 e. The van der Waals surface area contributed by atoms with Gasteiger partial charge in [-0.15, -0.1) is 0 Å². The van der Waals surface area contributed by atoms with Crippen LogP contribution >= 0.6 is 0 Å². The van der Waals surface area contributed by atoms with Crippen LogP contribution in [-0.4, -0.2) is 26.9 Å². The lowest BCUT2D eigenvalue weighted by molar-refractivity contribution is 0.0902. The average molecular weight is 321 g/mol. The zero-order valence-electron chi connectivity index (χ0n) is 12.4. The van der Waals surface area contributed by atoms with Crippen LogP contribution in [0.2, 0.25) is 0 Å². The van der Waals surface area contributed by atoms with Crippen molar-refractivity contribution in [3.05, 3.63) is 29.8 Å². The fourth-order valence-electron chi connectivity index (χ4n) is 2.61. The van der Waals surface area contributed by atoms with Gasteiger partial charge >= 0.3 is 0 Å². The van der Waals surface area contributed by atoms with Gasteiger partial charge in [0.15, 0.2) is 0 Å². The van der Waals surface area contributed by atoms with Crippen LogP contribution in [-0.2, 0) is 10.0 Å². The first-order chi connectivity index (χ1) is 10.4. The van der Waals surface area contributed by atoms with Gasteiger partial charge in [-0.1, -0.05) is 19.3 Å². The molecule has 1 aromatic rings. The fourth-order valence-corrected chi connectivity index (χ4v) is 3.34. The molecule has 0 saturated heterocycles. The van der Waals surface area contributed by atoms with E-state index in [1.807, 2.05) is 0 Å². The van der Waals surface area contributed by atoms with E-state index in [0.717, 1.165) is 19.3 Å². The van der Waals surface area contributed by atoms with E-state index in [-0.39, 0.29) is 10.8 Å². The summed E-state index contributed by atoms with van der Waals surface area (Å²) < 4.78 is 25.5. The van der Waals surface area contributed by atoms with Crippen molar-refractivity contribution in [3.8, 4) is 6.07 Å². The zero-order valence-corrected chi connectivity index (χ0v) is 13.2. The maximum absolute atomic E-state index is 12.3. The van der Waals surface area contributed by atoms with Crippen LogP contribution in [0.5, 0.6) is 0 Å². The second-order valence-electron chi connectivity index (χ2n) is 5.44. The molecule has 0 unspecified atom stereocenters. The van der Waals surface area contributed by atoms with Crippen LogP contribution in [0.1, 0.15) is 42.5 Å². The van der Waals surface area contributed by atoms with Crippen LogP contribution in [0.3, 0.4) is 0 Å². The molecule has 1 saturated carbocycles. The molecule has 1 fully saturated rings. The number of amides is 1. The molecule has 0 bridgehead atoms. The molecule has 1 amide bonds. The van der Waals surface area contributed by atoms with E-state index in [0.29, 0.717) is 18.4 Å². The second-order valence-corrected chi connectivity index (χ2v) is 7.33. The molecule has 22 heavy (non-hydrogen) atoms. The number of nitriles is 1. The van der Waals surface area contributed by atoms with Gasteiger partial charge < -0.3 is 5.32 Å². The Morgan fingerprint density at radius 1 is 1.18 bits per heavy atom. The van der Waals surface area contributed by atoms with E-state index >= 15 is 0 Å². The molecular weight excluding hydrogens is 302 g/mol. The summed E-state index contributed by atoms with van der Waals surface area (Å²) in [5.41, 5.74) is -0.458. The minimum atomic E-state index is -3.52. The maximum Gasteiger partial charge on any atom is 0.252 e. The third kappa shape index (κ3) is 3.46. The Hall–Kier alpha value is -1.91. The standard InChI is InChI=1S/C15H19N3O3S/c1-17-22(20,21)13-7-5-12(6-8-13)14(19)18-15(11-16)9-3-2-4-10-15/h5-8,17H,2-4,9-10H2,1H3,(H,18,19). The Bertz CT molecular complexity index is 684. The summed E-state index contributed by atoms with van der Waals surface area (Å²) in [6.07, 6.45) is 4.24. The Balaban J connectivity index is 2.15. The molecule has 1 aromatic carbocycles. The highest BCUT2D eigenvalue weighted by atomic mass is 32.2. The van der Waals surface area contributed by atoms with Gasteiger partial charge in [0.25, 0.3) is 5.91 Å². The zero-order chi connectivity index (χ0) is 16.2. The van der Waals surface area contributed by atoms with Gasteiger partial charge in [-0.25, -0.2) is 13.1 Å². The van der Waals surface area contributed by atoms with Crippen LogP contribution in [0, 0.1) is 11.3 Å². The summed E-state index contributed by atoms with van der Waals surface area (Å²) in [5.74, 6) is -0.350. The van der Waals surface area contributed by atoms with Crippen molar-refractivity contribution in [1.82, 2.24) is 10.0 Å². The predicted molar refractivity (Wildman–Crippen MR) is 81.6 cm³/mol. The summed E-state index contributed by atoms with van der Waals surface area (Å²) in [6, 6.07) is 7.88.